The summed E-state index contributed by atoms with van der Waals surface area (Å²) in [5.74, 6) is 0. The van der Waals surface area contributed by atoms with Crippen LogP contribution < -0.4 is 5.32 Å². The highest BCUT2D eigenvalue weighted by Gasteiger charge is 2.48. The van der Waals surface area contributed by atoms with E-state index in [1.165, 1.54) is 9.75 Å². The molecule has 0 aromatic carbocycles. The third-order valence-electron chi connectivity index (χ3n) is 4.37. The van der Waals surface area contributed by atoms with Crippen LogP contribution in [0.3, 0.4) is 0 Å². The second-order valence-electron chi connectivity index (χ2n) is 5.88. The first kappa shape index (κ1) is 14.0. The van der Waals surface area contributed by atoms with E-state index in [1.807, 2.05) is 18.4 Å². The van der Waals surface area contributed by atoms with Crippen molar-refractivity contribution in [3.05, 3.63) is 21.9 Å². The van der Waals surface area contributed by atoms with Gasteiger partial charge in [0.05, 0.1) is 6.10 Å². The van der Waals surface area contributed by atoms with Crippen molar-refractivity contribution < 1.29 is 4.74 Å². The summed E-state index contributed by atoms with van der Waals surface area (Å²) in [6, 6.07) is 5.52. The van der Waals surface area contributed by atoms with Crippen LogP contribution in [0.2, 0.25) is 0 Å². The quantitative estimate of drug-likeness (QED) is 0.876. The maximum absolute atomic E-state index is 5.50. The van der Waals surface area contributed by atoms with Crippen LogP contribution in [0.25, 0.3) is 0 Å². The molecule has 1 fully saturated rings. The summed E-state index contributed by atoms with van der Waals surface area (Å²) < 4.78 is 5.50. The van der Waals surface area contributed by atoms with Gasteiger partial charge in [-0.05, 0) is 31.9 Å². The molecular weight excluding hydrogens is 242 g/mol. The van der Waals surface area contributed by atoms with Crippen molar-refractivity contribution in [3.63, 3.8) is 0 Å². The number of ether oxygens (including phenoxy) is 1. The third-order valence-corrected chi connectivity index (χ3v) is 5.78. The molecule has 1 saturated carbocycles. The fraction of sp³-hybridized carbons (Fsp3) is 0.733. The number of rotatable bonds is 5. The van der Waals surface area contributed by atoms with E-state index >= 15 is 0 Å². The minimum absolute atomic E-state index is 0.244. The summed E-state index contributed by atoms with van der Waals surface area (Å²) in [6.07, 6.45) is 2.66. The lowest BCUT2D eigenvalue weighted by Gasteiger charge is -2.52. The summed E-state index contributed by atoms with van der Waals surface area (Å²) in [4.78, 5) is 2.92. The predicted molar refractivity (Wildman–Crippen MR) is 78.2 cm³/mol. The number of hydrogen-bond donors (Lipinski definition) is 1. The van der Waals surface area contributed by atoms with E-state index in [4.69, 9.17) is 4.74 Å². The number of methoxy groups -OCH3 is 1. The summed E-state index contributed by atoms with van der Waals surface area (Å²) in [5.41, 5.74) is 0.244. The molecular formula is C15H25NOS. The van der Waals surface area contributed by atoms with E-state index in [9.17, 15) is 0 Å². The summed E-state index contributed by atoms with van der Waals surface area (Å²) in [7, 11) is 1.82. The highest BCUT2D eigenvalue weighted by molar-refractivity contribution is 7.12. The smallest absolute Gasteiger partial charge is 0.0652 e. The van der Waals surface area contributed by atoms with E-state index < -0.39 is 0 Å². The number of aryl methyl sites for hydroxylation is 1. The maximum Gasteiger partial charge on any atom is 0.0652 e. The Morgan fingerprint density at radius 3 is 2.72 bits per heavy atom. The molecule has 0 amide bonds. The van der Waals surface area contributed by atoms with Gasteiger partial charge in [0, 0.05) is 34.4 Å². The van der Waals surface area contributed by atoms with Gasteiger partial charge in [0.1, 0.15) is 0 Å². The highest BCUT2D eigenvalue weighted by Crippen LogP contribution is 2.43. The van der Waals surface area contributed by atoms with Crippen molar-refractivity contribution in [2.75, 3.05) is 7.11 Å². The molecule has 3 atom stereocenters. The second-order valence-corrected chi connectivity index (χ2v) is 7.08. The van der Waals surface area contributed by atoms with Crippen LogP contribution in [0, 0.1) is 5.41 Å². The van der Waals surface area contributed by atoms with Crippen molar-refractivity contribution in [2.24, 2.45) is 5.41 Å². The molecule has 0 spiro atoms. The van der Waals surface area contributed by atoms with Crippen LogP contribution in [0.1, 0.15) is 49.9 Å². The molecule has 0 aliphatic heterocycles. The molecule has 0 saturated heterocycles. The van der Waals surface area contributed by atoms with E-state index in [0.717, 1.165) is 12.8 Å². The zero-order valence-electron chi connectivity index (χ0n) is 12.1. The van der Waals surface area contributed by atoms with Gasteiger partial charge in [-0.15, -0.1) is 11.3 Å². The molecule has 102 valence electrons. The Labute approximate surface area is 115 Å². The molecule has 2 nitrogen and oxygen atoms in total. The number of nitrogens with one attached hydrogen (secondary N) is 1. The van der Waals surface area contributed by atoms with Crippen LogP contribution in [0.15, 0.2) is 12.1 Å². The van der Waals surface area contributed by atoms with Gasteiger partial charge < -0.3 is 10.1 Å². The standard InChI is InChI=1S/C15H25NOS/c1-6-11-7-8-12(18-11)10(2)16-13-9-14(17-5)15(13,3)4/h7-8,10,13-14,16H,6,9H2,1-5H3. The molecule has 1 N–H and O–H groups in total. The zero-order chi connectivity index (χ0) is 13.3. The Morgan fingerprint density at radius 1 is 1.50 bits per heavy atom. The fourth-order valence-electron chi connectivity index (χ4n) is 2.77. The topological polar surface area (TPSA) is 21.3 Å². The van der Waals surface area contributed by atoms with Crippen LogP contribution in [0.5, 0.6) is 0 Å². The van der Waals surface area contributed by atoms with Gasteiger partial charge in [0.25, 0.3) is 0 Å². The Morgan fingerprint density at radius 2 is 2.22 bits per heavy atom. The number of hydrogen-bond acceptors (Lipinski definition) is 3. The Hall–Kier alpha value is -0.380. The van der Waals surface area contributed by atoms with Crippen molar-refractivity contribution in [1.29, 1.82) is 0 Å². The van der Waals surface area contributed by atoms with Gasteiger partial charge in [-0.25, -0.2) is 0 Å². The first-order valence-corrected chi connectivity index (χ1v) is 7.68. The van der Waals surface area contributed by atoms with Crippen molar-refractivity contribution in [3.8, 4) is 0 Å². The van der Waals surface area contributed by atoms with Gasteiger partial charge in [-0.3, -0.25) is 0 Å². The predicted octanol–water partition coefficient (Wildman–Crippen LogP) is 3.77. The molecule has 1 heterocycles. The lowest BCUT2D eigenvalue weighted by atomic mass is 9.64. The van der Waals surface area contributed by atoms with Crippen molar-refractivity contribution in [2.45, 2.75) is 58.7 Å². The third kappa shape index (κ3) is 2.49. The first-order valence-electron chi connectivity index (χ1n) is 6.86. The van der Waals surface area contributed by atoms with Crippen LogP contribution in [-0.4, -0.2) is 19.3 Å². The molecule has 1 aliphatic rings. The van der Waals surface area contributed by atoms with Gasteiger partial charge in [0.2, 0.25) is 0 Å². The molecule has 0 radical (unpaired) electrons. The second kappa shape index (κ2) is 5.32. The van der Waals surface area contributed by atoms with Crippen LogP contribution in [-0.2, 0) is 11.2 Å². The molecule has 1 aromatic rings. The minimum atomic E-state index is 0.244. The Kier molecular flexibility index (Phi) is 4.15. The number of thiophene rings is 1. The molecule has 0 bridgehead atoms. The lowest BCUT2D eigenvalue weighted by Crippen LogP contribution is -2.60. The molecule has 18 heavy (non-hydrogen) atoms. The van der Waals surface area contributed by atoms with Crippen molar-refractivity contribution in [1.82, 2.24) is 5.32 Å². The molecule has 3 unspecified atom stereocenters. The largest absolute Gasteiger partial charge is 0.381 e. The van der Waals surface area contributed by atoms with Gasteiger partial charge in [-0.2, -0.15) is 0 Å². The average Bonchev–Trinajstić information content (AvgIpc) is 2.82. The normalized spacial score (nSPS) is 27.8. The maximum atomic E-state index is 5.50. The zero-order valence-corrected chi connectivity index (χ0v) is 12.9. The molecule has 3 heteroatoms. The monoisotopic (exact) mass is 267 g/mol. The van der Waals surface area contributed by atoms with Gasteiger partial charge in [0.15, 0.2) is 0 Å². The summed E-state index contributed by atoms with van der Waals surface area (Å²) in [5, 5.41) is 3.76. The lowest BCUT2D eigenvalue weighted by molar-refractivity contribution is -0.0998. The van der Waals surface area contributed by atoms with Gasteiger partial charge >= 0.3 is 0 Å². The summed E-state index contributed by atoms with van der Waals surface area (Å²) in [6.45, 7) is 9.06. The summed E-state index contributed by atoms with van der Waals surface area (Å²) >= 11 is 1.93. The minimum Gasteiger partial charge on any atom is -0.381 e. The van der Waals surface area contributed by atoms with E-state index in [2.05, 4.69) is 45.1 Å². The van der Waals surface area contributed by atoms with Crippen LogP contribution in [0.4, 0.5) is 0 Å². The fourth-order valence-corrected chi connectivity index (χ4v) is 3.73. The SMILES string of the molecule is CCc1ccc(C(C)NC2CC(OC)C2(C)C)s1. The van der Waals surface area contributed by atoms with E-state index in [0.29, 0.717) is 18.2 Å². The van der Waals surface area contributed by atoms with Crippen LogP contribution >= 0.6 is 11.3 Å². The average molecular weight is 267 g/mol. The van der Waals surface area contributed by atoms with E-state index in [1.54, 1.807) is 0 Å². The Bertz CT molecular complexity index is 399. The Balaban J connectivity index is 1.94. The van der Waals surface area contributed by atoms with Crippen molar-refractivity contribution >= 4 is 11.3 Å². The molecule has 1 aromatic heterocycles. The molecule has 1 aliphatic carbocycles. The molecule has 2 rings (SSSR count). The highest BCUT2D eigenvalue weighted by atomic mass is 32.1. The van der Waals surface area contributed by atoms with E-state index in [-0.39, 0.29) is 5.41 Å². The first-order chi connectivity index (χ1) is 8.48. The van der Waals surface area contributed by atoms with Gasteiger partial charge in [-0.1, -0.05) is 20.8 Å².